The van der Waals surface area contributed by atoms with Gasteiger partial charge in [0.15, 0.2) is 0 Å². The number of carbonyl (C=O) groups is 3. The van der Waals surface area contributed by atoms with Crippen LogP contribution in [0, 0.1) is 5.92 Å². The molecule has 31 heavy (non-hydrogen) atoms. The molecule has 10 heteroatoms. The van der Waals surface area contributed by atoms with E-state index >= 15 is 0 Å². The van der Waals surface area contributed by atoms with Gasteiger partial charge in [-0.2, -0.15) is 0 Å². The van der Waals surface area contributed by atoms with E-state index in [1.807, 2.05) is 19.1 Å². The molecule has 0 spiro atoms. The first-order valence-corrected chi connectivity index (χ1v) is 9.93. The second-order valence-electron chi connectivity index (χ2n) is 7.48. The third-order valence-electron chi connectivity index (χ3n) is 5.27. The number of pyridine rings is 2. The average Bonchev–Trinajstić information content (AvgIpc) is 2.78. The van der Waals surface area contributed by atoms with Crippen molar-refractivity contribution in [3.8, 4) is 5.88 Å². The van der Waals surface area contributed by atoms with E-state index in [4.69, 9.17) is 10.5 Å². The van der Waals surface area contributed by atoms with Crippen LogP contribution in [0.4, 0.5) is 11.5 Å². The number of nitrogens with zero attached hydrogens (tertiary/aromatic N) is 3. The maximum Gasteiger partial charge on any atom is 0.313 e. The number of hydrogen-bond acceptors (Lipinski definition) is 7. The first-order chi connectivity index (χ1) is 14.8. The smallest absolute Gasteiger partial charge is 0.313 e. The first kappa shape index (κ1) is 22.0. The molecular formula is C21H26N6O4. The minimum atomic E-state index is -0.818. The fourth-order valence-electron chi connectivity index (χ4n) is 3.65. The Balaban J connectivity index is 1.80. The summed E-state index contributed by atoms with van der Waals surface area (Å²) in [6, 6.07) is 4.83. The van der Waals surface area contributed by atoms with Crippen molar-refractivity contribution >= 4 is 29.2 Å². The topological polar surface area (TPSA) is 140 Å². The van der Waals surface area contributed by atoms with Gasteiger partial charge in [-0.1, -0.05) is 13.0 Å². The number of carbonyl (C=O) groups excluding carboxylic acids is 3. The normalized spacial score (nSPS) is 18.2. The molecule has 10 nitrogen and oxygen atoms in total. The van der Waals surface area contributed by atoms with Crippen LogP contribution < -0.4 is 21.1 Å². The maximum absolute atomic E-state index is 13.0. The van der Waals surface area contributed by atoms with E-state index in [9.17, 15) is 14.4 Å². The largest absolute Gasteiger partial charge is 0.480 e. The van der Waals surface area contributed by atoms with Crippen molar-refractivity contribution in [1.82, 2.24) is 14.9 Å². The molecule has 3 heterocycles. The molecule has 0 saturated carbocycles. The Morgan fingerprint density at radius 3 is 2.58 bits per heavy atom. The van der Waals surface area contributed by atoms with Gasteiger partial charge in [-0.25, -0.2) is 9.97 Å². The van der Waals surface area contributed by atoms with E-state index in [1.165, 1.54) is 19.4 Å². The summed E-state index contributed by atoms with van der Waals surface area (Å²) in [5.41, 5.74) is 6.38. The van der Waals surface area contributed by atoms with E-state index in [-0.39, 0.29) is 29.1 Å². The number of hydrogen-bond donors (Lipinski definition) is 3. The van der Waals surface area contributed by atoms with Gasteiger partial charge >= 0.3 is 11.8 Å². The molecule has 2 atom stereocenters. The number of rotatable bonds is 5. The molecule has 0 aromatic carbocycles. The molecule has 2 aromatic heterocycles. The van der Waals surface area contributed by atoms with Crippen molar-refractivity contribution in [1.29, 1.82) is 0 Å². The first-order valence-electron chi connectivity index (χ1n) is 9.93. The molecule has 1 aliphatic heterocycles. The Morgan fingerprint density at radius 2 is 1.97 bits per heavy atom. The molecular weight excluding hydrogens is 400 g/mol. The number of ether oxygens (including phenoxy) is 1. The van der Waals surface area contributed by atoms with Crippen LogP contribution in [-0.4, -0.2) is 53.3 Å². The van der Waals surface area contributed by atoms with Gasteiger partial charge in [0, 0.05) is 19.8 Å². The van der Waals surface area contributed by atoms with Crippen LogP contribution in [0.1, 0.15) is 41.7 Å². The van der Waals surface area contributed by atoms with Gasteiger partial charge in [0.1, 0.15) is 11.4 Å². The van der Waals surface area contributed by atoms with Gasteiger partial charge < -0.3 is 26.0 Å². The number of nitrogens with one attached hydrogen (secondary N) is 2. The predicted octanol–water partition coefficient (Wildman–Crippen LogP) is 1.56. The van der Waals surface area contributed by atoms with Crippen LogP contribution in [0.3, 0.4) is 0 Å². The zero-order valence-corrected chi connectivity index (χ0v) is 17.7. The highest BCUT2D eigenvalue weighted by Crippen LogP contribution is 2.33. The van der Waals surface area contributed by atoms with Crippen LogP contribution in [0.2, 0.25) is 0 Å². The molecule has 0 radical (unpaired) electrons. The number of likely N-dealkylation sites (tertiary alicyclic amines) is 1. The molecule has 4 N–H and O–H groups in total. The summed E-state index contributed by atoms with van der Waals surface area (Å²) in [5.74, 6) is -1.21. The quantitative estimate of drug-likeness (QED) is 0.617. The van der Waals surface area contributed by atoms with Crippen LogP contribution in [0.15, 0.2) is 30.6 Å². The number of methoxy groups -OCH3 is 1. The Kier molecular flexibility index (Phi) is 6.68. The standard InChI is InChI=1S/C21H26N6O4/c1-12-4-6-16(13-5-7-17(23-2)24-9-13)27(11-12)21(30)19(29)26-14-8-15(18(22)28)20(31-3)25-10-14/h5,7-10,12,16H,4,6,11H2,1-3H3,(H2,22,28)(H,23,24)(H,26,29)/t12-,16?/m0/s1. The number of amides is 3. The van der Waals surface area contributed by atoms with E-state index in [1.54, 1.807) is 18.1 Å². The molecule has 0 aliphatic carbocycles. The lowest BCUT2D eigenvalue weighted by Crippen LogP contribution is -2.46. The molecule has 2 aromatic rings. The van der Waals surface area contributed by atoms with E-state index in [0.29, 0.717) is 6.54 Å². The summed E-state index contributed by atoms with van der Waals surface area (Å²) in [5, 5.41) is 5.47. The van der Waals surface area contributed by atoms with Crippen molar-refractivity contribution in [3.05, 3.63) is 41.7 Å². The fraction of sp³-hybridized carbons (Fsp3) is 0.381. The van der Waals surface area contributed by atoms with Crippen molar-refractivity contribution in [3.63, 3.8) is 0 Å². The van der Waals surface area contributed by atoms with Crippen molar-refractivity contribution in [2.24, 2.45) is 11.7 Å². The number of nitrogens with two attached hydrogens (primary N) is 1. The zero-order chi connectivity index (χ0) is 22.5. The molecule has 1 unspecified atom stereocenters. The minimum absolute atomic E-state index is 0.00733. The lowest BCUT2D eigenvalue weighted by molar-refractivity contribution is -0.146. The second-order valence-corrected chi connectivity index (χ2v) is 7.48. The molecule has 1 fully saturated rings. The summed E-state index contributed by atoms with van der Waals surface area (Å²) >= 11 is 0. The van der Waals surface area contributed by atoms with Crippen LogP contribution >= 0.6 is 0 Å². The number of primary amides is 1. The summed E-state index contributed by atoms with van der Waals surface area (Å²) < 4.78 is 4.99. The molecule has 164 valence electrons. The Hall–Kier alpha value is -3.69. The van der Waals surface area contributed by atoms with Gasteiger partial charge in [0.25, 0.3) is 5.91 Å². The molecule has 1 aliphatic rings. The molecule has 0 bridgehead atoms. The summed E-state index contributed by atoms with van der Waals surface area (Å²) in [6.07, 6.45) is 4.69. The van der Waals surface area contributed by atoms with Crippen LogP contribution in [-0.2, 0) is 9.59 Å². The summed E-state index contributed by atoms with van der Waals surface area (Å²) in [4.78, 5) is 47.2. The highest BCUT2D eigenvalue weighted by Gasteiger charge is 2.34. The van der Waals surface area contributed by atoms with E-state index in [0.717, 1.165) is 24.2 Å². The number of anilines is 2. The number of piperidine rings is 1. The minimum Gasteiger partial charge on any atom is -0.480 e. The SMILES string of the molecule is CNc1ccc(C2CC[C@H](C)CN2C(=O)C(=O)Nc2cnc(OC)c(C(N)=O)c2)cn1. The van der Waals surface area contributed by atoms with E-state index < -0.39 is 17.7 Å². The predicted molar refractivity (Wildman–Crippen MR) is 115 cm³/mol. The van der Waals surface area contributed by atoms with Gasteiger partial charge in [-0.05, 0) is 36.5 Å². The second kappa shape index (κ2) is 9.41. The third-order valence-corrected chi connectivity index (χ3v) is 5.27. The lowest BCUT2D eigenvalue weighted by Gasteiger charge is -2.38. The highest BCUT2D eigenvalue weighted by atomic mass is 16.5. The van der Waals surface area contributed by atoms with Gasteiger partial charge in [-0.3, -0.25) is 14.4 Å². The maximum atomic E-state index is 13.0. The lowest BCUT2D eigenvalue weighted by atomic mass is 9.90. The van der Waals surface area contributed by atoms with Crippen molar-refractivity contribution in [2.75, 3.05) is 31.3 Å². The average molecular weight is 426 g/mol. The van der Waals surface area contributed by atoms with Crippen LogP contribution in [0.5, 0.6) is 5.88 Å². The van der Waals surface area contributed by atoms with Crippen molar-refractivity contribution < 1.29 is 19.1 Å². The third kappa shape index (κ3) is 4.90. The Bertz CT molecular complexity index is 978. The molecule has 3 amide bonds. The van der Waals surface area contributed by atoms with Gasteiger partial charge in [0.2, 0.25) is 5.88 Å². The summed E-state index contributed by atoms with van der Waals surface area (Å²) in [7, 11) is 3.13. The summed E-state index contributed by atoms with van der Waals surface area (Å²) in [6.45, 7) is 2.50. The van der Waals surface area contributed by atoms with Crippen LogP contribution in [0.25, 0.3) is 0 Å². The fourth-order valence-corrected chi connectivity index (χ4v) is 3.65. The van der Waals surface area contributed by atoms with Crippen molar-refractivity contribution in [2.45, 2.75) is 25.8 Å². The Morgan fingerprint density at radius 1 is 1.19 bits per heavy atom. The highest BCUT2D eigenvalue weighted by molar-refractivity contribution is 6.39. The zero-order valence-electron chi connectivity index (χ0n) is 17.7. The monoisotopic (exact) mass is 426 g/mol. The Labute approximate surface area is 180 Å². The number of aromatic nitrogens is 2. The van der Waals surface area contributed by atoms with Gasteiger partial charge in [-0.15, -0.1) is 0 Å². The molecule has 3 rings (SSSR count). The van der Waals surface area contributed by atoms with E-state index in [2.05, 4.69) is 20.6 Å². The van der Waals surface area contributed by atoms with Gasteiger partial charge in [0.05, 0.1) is 25.0 Å². The molecule has 1 saturated heterocycles.